The van der Waals surface area contributed by atoms with E-state index >= 15 is 0 Å². The van der Waals surface area contributed by atoms with Crippen molar-refractivity contribution in [1.29, 1.82) is 0 Å². The minimum absolute atomic E-state index is 0.0468. The summed E-state index contributed by atoms with van der Waals surface area (Å²) in [6, 6.07) is 1.05. The van der Waals surface area contributed by atoms with Gasteiger partial charge in [0, 0.05) is 38.4 Å². The number of nitrogens with one attached hydrogen (secondary N) is 1. The van der Waals surface area contributed by atoms with E-state index in [0.717, 1.165) is 25.2 Å². The summed E-state index contributed by atoms with van der Waals surface area (Å²) in [5.41, 5.74) is -0.970. The van der Waals surface area contributed by atoms with E-state index in [0.29, 0.717) is 32.7 Å². The first kappa shape index (κ1) is 16.9. The highest BCUT2D eigenvalue weighted by Crippen LogP contribution is 2.30. The average Bonchev–Trinajstić information content (AvgIpc) is 3.05. The number of halogens is 3. The second-order valence-electron chi connectivity index (χ2n) is 6.09. The molecule has 0 aliphatic carbocycles. The Morgan fingerprint density at radius 1 is 1.25 bits per heavy atom. The predicted molar refractivity (Wildman–Crippen MR) is 79.3 cm³/mol. The van der Waals surface area contributed by atoms with E-state index in [1.807, 2.05) is 0 Å². The van der Waals surface area contributed by atoms with Crippen molar-refractivity contribution < 1.29 is 22.7 Å². The van der Waals surface area contributed by atoms with E-state index in [1.54, 1.807) is 4.90 Å². The van der Waals surface area contributed by atoms with Gasteiger partial charge in [-0.2, -0.15) is 13.2 Å². The molecule has 2 aliphatic heterocycles. The molecule has 2 aliphatic rings. The molecule has 1 N–H and O–H groups in total. The van der Waals surface area contributed by atoms with Crippen molar-refractivity contribution in [3.63, 3.8) is 0 Å². The number of hydrogen-bond donors (Lipinski definition) is 1. The second-order valence-corrected chi connectivity index (χ2v) is 6.09. The van der Waals surface area contributed by atoms with Crippen LogP contribution in [-0.4, -0.2) is 48.2 Å². The maximum absolute atomic E-state index is 12.7. The van der Waals surface area contributed by atoms with Gasteiger partial charge >= 0.3 is 6.18 Å². The summed E-state index contributed by atoms with van der Waals surface area (Å²) in [7, 11) is 0. The quantitative estimate of drug-likeness (QED) is 0.902. The average molecular weight is 344 g/mol. The van der Waals surface area contributed by atoms with Crippen LogP contribution in [0, 0.1) is 5.92 Å². The van der Waals surface area contributed by atoms with Gasteiger partial charge in [0.05, 0.1) is 5.92 Å². The van der Waals surface area contributed by atoms with Crippen LogP contribution in [0.15, 0.2) is 12.4 Å². The molecule has 0 aromatic carbocycles. The minimum Gasteiger partial charge on any atom is -0.381 e. The Kier molecular flexibility index (Phi) is 4.88. The SMILES string of the molecule is O=C(NC1CCOCC1)C1CCN(c2cc(C(F)(F)F)ncn2)C1. The molecule has 3 heterocycles. The molecule has 1 aromatic rings. The number of nitrogens with zero attached hydrogens (tertiary/aromatic N) is 3. The molecular weight excluding hydrogens is 325 g/mol. The summed E-state index contributed by atoms with van der Waals surface area (Å²) >= 11 is 0. The lowest BCUT2D eigenvalue weighted by Crippen LogP contribution is -2.42. The molecule has 132 valence electrons. The second kappa shape index (κ2) is 6.92. The molecule has 0 radical (unpaired) electrons. The maximum atomic E-state index is 12.7. The Bertz CT molecular complexity index is 590. The van der Waals surface area contributed by atoms with E-state index in [1.165, 1.54) is 0 Å². The zero-order valence-corrected chi connectivity index (χ0v) is 13.1. The first-order valence-electron chi connectivity index (χ1n) is 7.96. The fourth-order valence-electron chi connectivity index (χ4n) is 3.02. The summed E-state index contributed by atoms with van der Waals surface area (Å²) in [5, 5.41) is 3.01. The van der Waals surface area contributed by atoms with E-state index in [2.05, 4.69) is 15.3 Å². The van der Waals surface area contributed by atoms with Crippen LogP contribution >= 0.6 is 0 Å². The molecule has 1 atom stereocenters. The molecule has 0 spiro atoms. The lowest BCUT2D eigenvalue weighted by atomic mass is 10.1. The van der Waals surface area contributed by atoms with Crippen molar-refractivity contribution >= 4 is 11.7 Å². The molecular formula is C15H19F3N4O2. The highest BCUT2D eigenvalue weighted by atomic mass is 19.4. The number of carbonyl (C=O) groups is 1. The molecule has 2 fully saturated rings. The van der Waals surface area contributed by atoms with Crippen LogP contribution in [0.2, 0.25) is 0 Å². The molecule has 0 bridgehead atoms. The smallest absolute Gasteiger partial charge is 0.381 e. The van der Waals surface area contributed by atoms with Crippen molar-refractivity contribution in [2.75, 3.05) is 31.2 Å². The van der Waals surface area contributed by atoms with Gasteiger partial charge in [0.1, 0.15) is 17.8 Å². The van der Waals surface area contributed by atoms with Crippen LogP contribution in [0.1, 0.15) is 25.0 Å². The van der Waals surface area contributed by atoms with Crippen LogP contribution in [0.5, 0.6) is 0 Å². The van der Waals surface area contributed by atoms with Crippen LogP contribution in [0.25, 0.3) is 0 Å². The van der Waals surface area contributed by atoms with Crippen LogP contribution in [0.4, 0.5) is 19.0 Å². The Labute approximate surface area is 137 Å². The lowest BCUT2D eigenvalue weighted by Gasteiger charge is -2.24. The Hall–Kier alpha value is -1.90. The van der Waals surface area contributed by atoms with E-state index in [4.69, 9.17) is 4.74 Å². The molecule has 3 rings (SSSR count). The van der Waals surface area contributed by atoms with Gasteiger partial charge < -0.3 is 15.0 Å². The highest BCUT2D eigenvalue weighted by molar-refractivity contribution is 5.80. The Balaban J connectivity index is 1.59. The standard InChI is InChI=1S/C15H19F3N4O2/c16-15(17,18)12-7-13(20-9-19-12)22-4-1-10(8-22)14(23)21-11-2-5-24-6-3-11/h7,9-11H,1-6,8H2,(H,21,23). The molecule has 1 aromatic heterocycles. The number of carbonyl (C=O) groups excluding carboxylic acids is 1. The zero-order valence-electron chi connectivity index (χ0n) is 13.1. The maximum Gasteiger partial charge on any atom is 0.433 e. The van der Waals surface area contributed by atoms with Gasteiger partial charge in [0.25, 0.3) is 0 Å². The third kappa shape index (κ3) is 3.95. The molecule has 6 nitrogen and oxygen atoms in total. The number of amides is 1. The van der Waals surface area contributed by atoms with Gasteiger partial charge in [0.15, 0.2) is 0 Å². The fourth-order valence-corrected chi connectivity index (χ4v) is 3.02. The lowest BCUT2D eigenvalue weighted by molar-refractivity contribution is -0.141. The Morgan fingerprint density at radius 2 is 2.00 bits per heavy atom. The fraction of sp³-hybridized carbons (Fsp3) is 0.667. The normalized spacial score (nSPS) is 22.6. The Morgan fingerprint density at radius 3 is 2.71 bits per heavy atom. The van der Waals surface area contributed by atoms with Crippen molar-refractivity contribution in [2.24, 2.45) is 5.92 Å². The molecule has 2 saturated heterocycles. The minimum atomic E-state index is -4.50. The third-order valence-corrected chi connectivity index (χ3v) is 4.39. The van der Waals surface area contributed by atoms with Crippen LogP contribution in [-0.2, 0) is 15.7 Å². The first-order valence-corrected chi connectivity index (χ1v) is 7.96. The molecule has 24 heavy (non-hydrogen) atoms. The topological polar surface area (TPSA) is 67.3 Å². The highest BCUT2D eigenvalue weighted by Gasteiger charge is 2.35. The van der Waals surface area contributed by atoms with Crippen molar-refractivity contribution in [3.8, 4) is 0 Å². The largest absolute Gasteiger partial charge is 0.433 e. The van der Waals surface area contributed by atoms with Gasteiger partial charge in [0.2, 0.25) is 5.91 Å². The molecule has 0 saturated carbocycles. The number of aromatic nitrogens is 2. The van der Waals surface area contributed by atoms with Gasteiger partial charge in [-0.15, -0.1) is 0 Å². The van der Waals surface area contributed by atoms with Gasteiger partial charge in [-0.1, -0.05) is 0 Å². The molecule has 1 unspecified atom stereocenters. The summed E-state index contributed by atoms with van der Waals surface area (Å²) in [6.45, 7) is 2.15. The van der Waals surface area contributed by atoms with Gasteiger partial charge in [-0.05, 0) is 19.3 Å². The number of anilines is 1. The van der Waals surface area contributed by atoms with Gasteiger partial charge in [-0.25, -0.2) is 9.97 Å². The van der Waals surface area contributed by atoms with Crippen molar-refractivity contribution in [1.82, 2.24) is 15.3 Å². The summed E-state index contributed by atoms with van der Waals surface area (Å²) in [4.78, 5) is 21.2. The molecule has 1 amide bonds. The first-order chi connectivity index (χ1) is 11.4. The monoisotopic (exact) mass is 344 g/mol. The summed E-state index contributed by atoms with van der Waals surface area (Å²) in [5.74, 6) is -0.0784. The van der Waals surface area contributed by atoms with E-state index < -0.39 is 11.9 Å². The van der Waals surface area contributed by atoms with Gasteiger partial charge in [-0.3, -0.25) is 4.79 Å². The van der Waals surface area contributed by atoms with E-state index in [-0.39, 0.29) is 23.7 Å². The number of hydrogen-bond acceptors (Lipinski definition) is 5. The number of alkyl halides is 3. The van der Waals surface area contributed by atoms with Crippen LogP contribution in [0.3, 0.4) is 0 Å². The molecule has 9 heteroatoms. The van der Waals surface area contributed by atoms with E-state index in [9.17, 15) is 18.0 Å². The zero-order chi connectivity index (χ0) is 17.2. The van der Waals surface area contributed by atoms with Crippen molar-refractivity contribution in [2.45, 2.75) is 31.5 Å². The number of ether oxygens (including phenoxy) is 1. The summed E-state index contributed by atoms with van der Waals surface area (Å²) < 4.78 is 43.5. The van der Waals surface area contributed by atoms with Crippen molar-refractivity contribution in [3.05, 3.63) is 18.1 Å². The third-order valence-electron chi connectivity index (χ3n) is 4.39. The van der Waals surface area contributed by atoms with Crippen LogP contribution < -0.4 is 10.2 Å². The predicted octanol–water partition coefficient (Wildman–Crippen LogP) is 1.62. The summed E-state index contributed by atoms with van der Waals surface area (Å²) in [6.07, 6.45) is -1.41. The number of rotatable bonds is 3.